The van der Waals surface area contributed by atoms with Crippen LogP contribution in [0.5, 0.6) is 5.88 Å². The van der Waals surface area contributed by atoms with Crippen molar-refractivity contribution in [2.24, 2.45) is 4.99 Å². The Hall–Kier alpha value is -2.15. The van der Waals surface area contributed by atoms with Gasteiger partial charge in [0.2, 0.25) is 5.88 Å². The van der Waals surface area contributed by atoms with E-state index in [4.69, 9.17) is 4.74 Å². The van der Waals surface area contributed by atoms with Gasteiger partial charge in [0.25, 0.3) is 0 Å². The molecular formula is C18H27N5OS. The van der Waals surface area contributed by atoms with Gasteiger partial charge in [-0.25, -0.2) is 9.97 Å². The summed E-state index contributed by atoms with van der Waals surface area (Å²) in [6.45, 7) is 6.31. The molecule has 6 nitrogen and oxygen atoms in total. The van der Waals surface area contributed by atoms with Crippen LogP contribution in [0, 0.1) is 0 Å². The third-order valence-corrected chi connectivity index (χ3v) is 4.75. The Kier molecular flexibility index (Phi) is 8.18. The monoisotopic (exact) mass is 361 g/mol. The molecule has 0 radical (unpaired) electrons. The van der Waals surface area contributed by atoms with Crippen LogP contribution in [0.25, 0.3) is 0 Å². The first-order valence-electron chi connectivity index (χ1n) is 8.71. The van der Waals surface area contributed by atoms with Gasteiger partial charge < -0.3 is 15.4 Å². The molecule has 2 N–H and O–H groups in total. The highest BCUT2D eigenvalue weighted by Gasteiger charge is 2.06. The molecule has 7 heteroatoms. The molecule has 0 aliphatic rings. The van der Waals surface area contributed by atoms with E-state index in [1.807, 2.05) is 18.3 Å². The van der Waals surface area contributed by atoms with Gasteiger partial charge in [0.15, 0.2) is 5.96 Å². The summed E-state index contributed by atoms with van der Waals surface area (Å²) in [5, 5.41) is 7.78. The first-order chi connectivity index (χ1) is 12.3. The topological polar surface area (TPSA) is 71.4 Å². The van der Waals surface area contributed by atoms with E-state index in [1.54, 1.807) is 24.6 Å². The van der Waals surface area contributed by atoms with Crippen LogP contribution < -0.4 is 15.4 Å². The van der Waals surface area contributed by atoms with Gasteiger partial charge in [-0.2, -0.15) is 0 Å². The molecule has 2 aromatic rings. The summed E-state index contributed by atoms with van der Waals surface area (Å²) in [4.78, 5) is 14.3. The minimum Gasteiger partial charge on any atom is -0.477 e. The lowest BCUT2D eigenvalue weighted by Gasteiger charge is -2.13. The second-order valence-electron chi connectivity index (χ2n) is 5.49. The Morgan fingerprint density at radius 2 is 2.16 bits per heavy atom. The van der Waals surface area contributed by atoms with Crippen LogP contribution in [0.2, 0.25) is 0 Å². The minimum atomic E-state index is 0.615. The van der Waals surface area contributed by atoms with E-state index in [0.717, 1.165) is 42.3 Å². The number of nitrogens with one attached hydrogen (secondary N) is 2. The lowest BCUT2D eigenvalue weighted by atomic mass is 10.2. The quantitative estimate of drug-likeness (QED) is 0.531. The number of ether oxygens (including phenoxy) is 1. The normalized spacial score (nSPS) is 11.4. The molecule has 25 heavy (non-hydrogen) atoms. The van der Waals surface area contributed by atoms with Crippen molar-refractivity contribution in [3.8, 4) is 5.88 Å². The number of hydrogen-bond acceptors (Lipinski definition) is 5. The molecule has 0 unspecified atom stereocenters. The number of aliphatic imine (C=N–C) groups is 1. The predicted octanol–water partition coefficient (Wildman–Crippen LogP) is 2.80. The lowest BCUT2D eigenvalue weighted by Crippen LogP contribution is -2.38. The molecule has 0 aliphatic heterocycles. The molecule has 0 saturated carbocycles. The van der Waals surface area contributed by atoms with Crippen molar-refractivity contribution in [1.29, 1.82) is 0 Å². The van der Waals surface area contributed by atoms with Crippen molar-refractivity contribution < 1.29 is 4.74 Å². The maximum Gasteiger partial charge on any atom is 0.218 e. The first kappa shape index (κ1) is 19.2. The summed E-state index contributed by atoms with van der Waals surface area (Å²) in [5.74, 6) is 1.44. The van der Waals surface area contributed by atoms with E-state index in [-0.39, 0.29) is 0 Å². The standard InChI is InChI=1S/C18H27N5OS/c1-4-11-24-17-14(7-6-9-20-17)12-23-18(19-3)21-10-8-16-22-13-15(5-2)25-16/h6-7,9,13H,4-5,8,10-12H2,1-3H3,(H2,19,21,23). The van der Waals surface area contributed by atoms with E-state index in [0.29, 0.717) is 19.0 Å². The Labute approximate surface area is 153 Å². The number of aromatic nitrogens is 2. The van der Waals surface area contributed by atoms with Crippen molar-refractivity contribution in [2.45, 2.75) is 39.7 Å². The second kappa shape index (κ2) is 10.7. The highest BCUT2D eigenvalue weighted by molar-refractivity contribution is 7.11. The number of thiazole rings is 1. The molecule has 2 heterocycles. The second-order valence-corrected chi connectivity index (χ2v) is 6.69. The number of aryl methyl sites for hydroxylation is 1. The van der Waals surface area contributed by atoms with Gasteiger partial charge in [0.05, 0.1) is 11.6 Å². The molecule has 0 fully saturated rings. The van der Waals surface area contributed by atoms with Crippen LogP contribution in [0.1, 0.15) is 35.7 Å². The van der Waals surface area contributed by atoms with Gasteiger partial charge in [-0.3, -0.25) is 4.99 Å². The molecular weight excluding hydrogens is 334 g/mol. The van der Waals surface area contributed by atoms with Crippen molar-refractivity contribution in [3.05, 3.63) is 40.0 Å². The van der Waals surface area contributed by atoms with Crippen molar-refractivity contribution in [1.82, 2.24) is 20.6 Å². The number of pyridine rings is 1. The van der Waals surface area contributed by atoms with Crippen LogP contribution in [-0.4, -0.2) is 36.1 Å². The third-order valence-electron chi connectivity index (χ3n) is 3.54. The van der Waals surface area contributed by atoms with Gasteiger partial charge in [-0.05, 0) is 18.9 Å². The molecule has 136 valence electrons. The van der Waals surface area contributed by atoms with Gasteiger partial charge >= 0.3 is 0 Å². The lowest BCUT2D eigenvalue weighted by molar-refractivity contribution is 0.301. The van der Waals surface area contributed by atoms with Crippen LogP contribution in [-0.2, 0) is 19.4 Å². The molecule has 2 rings (SSSR count). The number of nitrogens with zero attached hydrogens (tertiary/aromatic N) is 3. The van der Waals surface area contributed by atoms with E-state index in [2.05, 4.69) is 39.4 Å². The number of hydrogen-bond donors (Lipinski definition) is 2. The molecule has 0 aromatic carbocycles. The smallest absolute Gasteiger partial charge is 0.218 e. The average Bonchev–Trinajstić information content (AvgIpc) is 3.11. The molecule has 2 aromatic heterocycles. The largest absolute Gasteiger partial charge is 0.477 e. The maximum absolute atomic E-state index is 5.69. The van der Waals surface area contributed by atoms with Crippen molar-refractivity contribution in [2.75, 3.05) is 20.2 Å². The highest BCUT2D eigenvalue weighted by Crippen LogP contribution is 2.14. The predicted molar refractivity (Wildman–Crippen MR) is 103 cm³/mol. The average molecular weight is 362 g/mol. The first-order valence-corrected chi connectivity index (χ1v) is 9.53. The zero-order valence-electron chi connectivity index (χ0n) is 15.2. The zero-order valence-corrected chi connectivity index (χ0v) is 16.0. The fourth-order valence-electron chi connectivity index (χ4n) is 2.20. The van der Waals surface area contributed by atoms with Crippen molar-refractivity contribution in [3.63, 3.8) is 0 Å². The summed E-state index contributed by atoms with van der Waals surface area (Å²) in [7, 11) is 1.77. The van der Waals surface area contributed by atoms with Crippen LogP contribution in [0.3, 0.4) is 0 Å². The SMILES string of the molecule is CCCOc1ncccc1CNC(=NC)NCCc1ncc(CC)s1. The molecule has 0 saturated heterocycles. The zero-order chi connectivity index (χ0) is 17.9. The Bertz CT molecular complexity index is 671. The van der Waals surface area contributed by atoms with Crippen LogP contribution in [0.4, 0.5) is 0 Å². The van der Waals surface area contributed by atoms with Gasteiger partial charge in [0, 0.05) is 49.4 Å². The molecule has 0 amide bonds. The fourth-order valence-corrected chi connectivity index (χ4v) is 3.06. The summed E-state index contributed by atoms with van der Waals surface area (Å²) in [6.07, 6.45) is 6.61. The maximum atomic E-state index is 5.69. The molecule has 0 bridgehead atoms. The molecule has 0 aliphatic carbocycles. The Morgan fingerprint density at radius 3 is 2.88 bits per heavy atom. The molecule has 0 spiro atoms. The van der Waals surface area contributed by atoms with E-state index in [9.17, 15) is 0 Å². The van der Waals surface area contributed by atoms with E-state index < -0.39 is 0 Å². The summed E-state index contributed by atoms with van der Waals surface area (Å²) < 4.78 is 5.69. The Morgan fingerprint density at radius 1 is 1.28 bits per heavy atom. The summed E-state index contributed by atoms with van der Waals surface area (Å²) in [6, 6.07) is 3.93. The fraction of sp³-hybridized carbons (Fsp3) is 0.500. The molecule has 0 atom stereocenters. The van der Waals surface area contributed by atoms with Gasteiger partial charge in [-0.1, -0.05) is 19.9 Å². The van der Waals surface area contributed by atoms with Crippen molar-refractivity contribution >= 4 is 17.3 Å². The number of guanidine groups is 1. The minimum absolute atomic E-state index is 0.615. The van der Waals surface area contributed by atoms with Crippen LogP contribution >= 0.6 is 11.3 Å². The van der Waals surface area contributed by atoms with E-state index in [1.165, 1.54) is 4.88 Å². The van der Waals surface area contributed by atoms with Crippen LogP contribution in [0.15, 0.2) is 29.5 Å². The van der Waals surface area contributed by atoms with E-state index >= 15 is 0 Å². The number of rotatable bonds is 9. The summed E-state index contributed by atoms with van der Waals surface area (Å²) >= 11 is 1.78. The Balaban J connectivity index is 1.80. The summed E-state index contributed by atoms with van der Waals surface area (Å²) in [5.41, 5.74) is 1.02. The third kappa shape index (κ3) is 6.34. The highest BCUT2D eigenvalue weighted by atomic mass is 32.1. The van der Waals surface area contributed by atoms with Gasteiger partial charge in [0.1, 0.15) is 0 Å². The van der Waals surface area contributed by atoms with Gasteiger partial charge in [-0.15, -0.1) is 11.3 Å².